The summed E-state index contributed by atoms with van der Waals surface area (Å²) in [7, 11) is 1.61. The molecule has 0 amide bonds. The minimum absolute atomic E-state index is 0.455. The Bertz CT molecular complexity index is 1330. The summed E-state index contributed by atoms with van der Waals surface area (Å²) in [4.78, 5) is 4.71. The number of allylic oxidation sites excluding steroid dienone is 1. The first-order chi connectivity index (χ1) is 16.1. The van der Waals surface area contributed by atoms with Crippen LogP contribution in [0.5, 0.6) is 11.5 Å². The van der Waals surface area contributed by atoms with Crippen molar-refractivity contribution in [2.45, 2.75) is 20.5 Å². The molecule has 0 aliphatic heterocycles. The van der Waals surface area contributed by atoms with Gasteiger partial charge < -0.3 is 9.47 Å². The largest absolute Gasteiger partial charge is 0.493 e. The molecule has 0 unspecified atom stereocenters. The summed E-state index contributed by atoms with van der Waals surface area (Å²) in [5.74, 6) is 1.27. The van der Waals surface area contributed by atoms with E-state index in [4.69, 9.17) is 14.5 Å². The zero-order valence-corrected chi connectivity index (χ0v) is 19.6. The van der Waals surface area contributed by atoms with Gasteiger partial charge in [0.15, 0.2) is 11.5 Å². The quantitative estimate of drug-likeness (QED) is 0.281. The summed E-state index contributed by atoms with van der Waals surface area (Å²) >= 11 is 1.47. The number of nitriles is 1. The fourth-order valence-electron chi connectivity index (χ4n) is 3.37. The lowest BCUT2D eigenvalue weighted by atomic mass is 10.1. The highest BCUT2D eigenvalue weighted by atomic mass is 32.1. The van der Waals surface area contributed by atoms with Gasteiger partial charge in [-0.3, -0.25) is 0 Å². The summed E-state index contributed by atoms with van der Waals surface area (Å²) in [6.07, 6.45) is 1.83. The molecule has 164 valence electrons. The first-order valence-corrected chi connectivity index (χ1v) is 11.5. The molecule has 1 heterocycles. The van der Waals surface area contributed by atoms with Crippen LogP contribution in [0, 0.1) is 25.2 Å². The number of aryl methyl sites for hydroxylation is 2. The van der Waals surface area contributed by atoms with Gasteiger partial charge in [0.2, 0.25) is 0 Å². The Labute approximate surface area is 198 Å². The van der Waals surface area contributed by atoms with Crippen molar-refractivity contribution in [3.63, 3.8) is 0 Å². The molecule has 4 aromatic rings. The van der Waals surface area contributed by atoms with Gasteiger partial charge >= 0.3 is 0 Å². The molecule has 4 nitrogen and oxygen atoms in total. The third-order valence-electron chi connectivity index (χ3n) is 5.39. The molecule has 0 saturated heterocycles. The van der Waals surface area contributed by atoms with Crippen LogP contribution in [-0.2, 0) is 6.61 Å². The predicted octanol–water partition coefficient (Wildman–Crippen LogP) is 7.08. The van der Waals surface area contributed by atoms with E-state index in [2.05, 4.69) is 38.1 Å². The van der Waals surface area contributed by atoms with E-state index < -0.39 is 0 Å². The van der Waals surface area contributed by atoms with Gasteiger partial charge in [-0.1, -0.05) is 48.5 Å². The number of thiazole rings is 1. The lowest BCUT2D eigenvalue weighted by molar-refractivity contribution is 0.284. The zero-order valence-electron chi connectivity index (χ0n) is 18.8. The van der Waals surface area contributed by atoms with Crippen LogP contribution in [0.25, 0.3) is 22.9 Å². The van der Waals surface area contributed by atoms with Gasteiger partial charge in [-0.25, -0.2) is 4.98 Å². The van der Waals surface area contributed by atoms with Crippen LogP contribution in [0.3, 0.4) is 0 Å². The summed E-state index contributed by atoms with van der Waals surface area (Å²) in [5.41, 5.74) is 6.84. The van der Waals surface area contributed by atoms with Gasteiger partial charge in [0.05, 0.1) is 18.4 Å². The lowest BCUT2D eigenvalue weighted by Crippen LogP contribution is -1.97. The standard InChI is InChI=1S/C28H24N2O2S/c1-19-9-11-23(13-20(19)2)25-18-33-28(30-25)24(16-29)14-22-10-12-26(27(15-22)31-3)32-17-21-7-5-4-6-8-21/h4-15,18H,17H2,1-3H3/b24-14+. The second-order valence-corrected chi connectivity index (χ2v) is 8.55. The smallest absolute Gasteiger partial charge is 0.161 e. The monoisotopic (exact) mass is 452 g/mol. The van der Waals surface area contributed by atoms with Crippen LogP contribution in [0.1, 0.15) is 27.3 Å². The van der Waals surface area contributed by atoms with Crippen LogP contribution >= 0.6 is 11.3 Å². The van der Waals surface area contributed by atoms with E-state index in [1.54, 1.807) is 7.11 Å². The number of aromatic nitrogens is 1. The topological polar surface area (TPSA) is 55.1 Å². The molecule has 0 fully saturated rings. The third kappa shape index (κ3) is 5.31. The van der Waals surface area contributed by atoms with Crippen LogP contribution in [0.15, 0.2) is 72.1 Å². The van der Waals surface area contributed by atoms with E-state index in [0.29, 0.717) is 28.7 Å². The van der Waals surface area contributed by atoms with Gasteiger partial charge in [-0.15, -0.1) is 11.3 Å². The van der Waals surface area contributed by atoms with E-state index in [-0.39, 0.29) is 0 Å². The Morgan fingerprint density at radius 1 is 1.00 bits per heavy atom. The van der Waals surface area contributed by atoms with Gasteiger partial charge in [0, 0.05) is 10.9 Å². The first kappa shape index (κ1) is 22.3. The van der Waals surface area contributed by atoms with Crippen LogP contribution in [0.4, 0.5) is 0 Å². The summed E-state index contributed by atoms with van der Waals surface area (Å²) in [6.45, 7) is 4.64. The molecular weight excluding hydrogens is 428 g/mol. The van der Waals surface area contributed by atoms with Crippen LogP contribution < -0.4 is 9.47 Å². The molecule has 4 rings (SSSR count). The summed E-state index contributed by atoms with van der Waals surface area (Å²) < 4.78 is 11.5. The Morgan fingerprint density at radius 3 is 2.55 bits per heavy atom. The number of hydrogen-bond donors (Lipinski definition) is 0. The number of rotatable bonds is 7. The number of nitrogens with zero attached hydrogens (tertiary/aromatic N) is 2. The Kier molecular flexibility index (Phi) is 6.87. The SMILES string of the molecule is COc1cc(/C=C(\C#N)c2nc(-c3ccc(C)c(C)c3)cs2)ccc1OCc1ccccc1. The third-order valence-corrected chi connectivity index (χ3v) is 6.27. The van der Waals surface area contributed by atoms with Crippen molar-refractivity contribution in [2.75, 3.05) is 7.11 Å². The molecule has 1 aromatic heterocycles. The molecule has 33 heavy (non-hydrogen) atoms. The predicted molar refractivity (Wildman–Crippen MR) is 134 cm³/mol. The maximum atomic E-state index is 9.78. The van der Waals surface area contributed by atoms with Crippen LogP contribution in [-0.4, -0.2) is 12.1 Å². The average molecular weight is 453 g/mol. The molecule has 3 aromatic carbocycles. The minimum Gasteiger partial charge on any atom is -0.493 e. The molecule has 0 aliphatic carbocycles. The second kappa shape index (κ2) is 10.2. The fraction of sp³-hybridized carbons (Fsp3) is 0.143. The molecule has 0 bridgehead atoms. The number of benzene rings is 3. The molecule has 0 atom stereocenters. The highest BCUT2D eigenvalue weighted by Gasteiger charge is 2.11. The van der Waals surface area contributed by atoms with E-state index >= 15 is 0 Å². The minimum atomic E-state index is 0.455. The summed E-state index contributed by atoms with van der Waals surface area (Å²) in [5, 5.41) is 12.5. The summed E-state index contributed by atoms with van der Waals surface area (Å²) in [6, 6.07) is 24.2. The zero-order chi connectivity index (χ0) is 23.2. The van der Waals surface area contributed by atoms with E-state index in [9.17, 15) is 5.26 Å². The van der Waals surface area contributed by atoms with Crippen molar-refractivity contribution < 1.29 is 9.47 Å². The molecule has 5 heteroatoms. The van der Waals surface area contributed by atoms with Crippen molar-refractivity contribution in [1.82, 2.24) is 4.98 Å². The van der Waals surface area contributed by atoms with Gasteiger partial charge in [-0.05, 0) is 60.4 Å². The number of hydrogen-bond acceptors (Lipinski definition) is 5. The van der Waals surface area contributed by atoms with E-state index in [1.807, 2.05) is 60.0 Å². The fourth-order valence-corrected chi connectivity index (χ4v) is 4.16. The molecule has 0 aliphatic rings. The maximum absolute atomic E-state index is 9.78. The number of ether oxygens (including phenoxy) is 2. The van der Waals surface area contributed by atoms with E-state index in [1.165, 1.54) is 22.5 Å². The highest BCUT2D eigenvalue weighted by Crippen LogP contribution is 2.32. The first-order valence-electron chi connectivity index (χ1n) is 10.6. The van der Waals surface area contributed by atoms with Crippen LogP contribution in [0.2, 0.25) is 0 Å². The maximum Gasteiger partial charge on any atom is 0.161 e. The van der Waals surface area contributed by atoms with Gasteiger partial charge in [0.1, 0.15) is 17.7 Å². The molecule has 0 radical (unpaired) electrons. The van der Waals surface area contributed by atoms with Gasteiger partial charge in [0.25, 0.3) is 0 Å². The number of methoxy groups -OCH3 is 1. The Morgan fingerprint density at radius 2 is 1.82 bits per heavy atom. The highest BCUT2D eigenvalue weighted by molar-refractivity contribution is 7.11. The van der Waals surface area contributed by atoms with Crippen molar-refractivity contribution in [2.24, 2.45) is 0 Å². The molecular formula is C28H24N2O2S. The molecule has 0 N–H and O–H groups in total. The second-order valence-electron chi connectivity index (χ2n) is 7.69. The van der Waals surface area contributed by atoms with Crippen molar-refractivity contribution >= 4 is 23.0 Å². The molecule has 0 spiro atoms. The van der Waals surface area contributed by atoms with Crippen molar-refractivity contribution in [3.8, 4) is 28.8 Å². The Hall–Kier alpha value is -3.88. The van der Waals surface area contributed by atoms with Crippen molar-refractivity contribution in [1.29, 1.82) is 5.26 Å². The van der Waals surface area contributed by atoms with E-state index in [0.717, 1.165) is 22.4 Å². The normalized spacial score (nSPS) is 11.2. The lowest BCUT2D eigenvalue weighted by Gasteiger charge is -2.11. The van der Waals surface area contributed by atoms with Crippen molar-refractivity contribution in [3.05, 3.63) is 99.4 Å². The Balaban J connectivity index is 1.56. The van der Waals surface area contributed by atoms with Gasteiger partial charge in [-0.2, -0.15) is 5.26 Å². The average Bonchev–Trinajstić information content (AvgIpc) is 3.34. The molecule has 0 saturated carbocycles.